The van der Waals surface area contributed by atoms with E-state index in [1.165, 1.54) is 16.3 Å². The highest BCUT2D eigenvalue weighted by atomic mass is 16.3. The molecule has 3 heteroatoms. The van der Waals surface area contributed by atoms with Crippen molar-refractivity contribution in [2.45, 2.75) is 0 Å². The fourth-order valence-electron chi connectivity index (χ4n) is 7.44. The van der Waals surface area contributed by atoms with Crippen LogP contribution in [0.4, 0.5) is 17.1 Å². The zero-order valence-corrected chi connectivity index (χ0v) is 26.5. The molecule has 10 rings (SSSR count). The fourth-order valence-corrected chi connectivity index (χ4v) is 7.44. The van der Waals surface area contributed by atoms with Gasteiger partial charge in [-0.15, -0.1) is 0 Å². The van der Waals surface area contributed by atoms with Gasteiger partial charge >= 0.3 is 0 Å². The molecule has 0 atom stereocenters. The normalized spacial score (nSPS) is 11.7. The number of hydrogen-bond donors (Lipinski definition) is 0. The lowest BCUT2D eigenvalue weighted by atomic mass is 9.95. The maximum absolute atomic E-state index is 6.41. The molecule has 49 heavy (non-hydrogen) atoms. The van der Waals surface area contributed by atoms with E-state index in [-0.39, 0.29) is 0 Å². The SMILES string of the molecule is c1cc(-c2ccc3oc4ccccc4c3c2)cc(N(c2ccccc2-c2cccc3ccccc23)c2cccc3oc4ccccc4c23)c1. The van der Waals surface area contributed by atoms with Crippen LogP contribution in [-0.2, 0) is 0 Å². The highest BCUT2D eigenvalue weighted by molar-refractivity contribution is 6.14. The minimum absolute atomic E-state index is 0.861. The van der Waals surface area contributed by atoms with Gasteiger partial charge in [-0.1, -0.05) is 121 Å². The van der Waals surface area contributed by atoms with E-state index in [0.717, 1.165) is 77.6 Å². The second-order valence-electron chi connectivity index (χ2n) is 12.5. The number of rotatable bonds is 5. The van der Waals surface area contributed by atoms with Gasteiger partial charge in [0, 0.05) is 27.4 Å². The van der Waals surface area contributed by atoms with Gasteiger partial charge in [0.15, 0.2) is 0 Å². The molecule has 0 radical (unpaired) electrons. The lowest BCUT2D eigenvalue weighted by Crippen LogP contribution is -2.11. The smallest absolute Gasteiger partial charge is 0.137 e. The number of benzene rings is 8. The summed E-state index contributed by atoms with van der Waals surface area (Å²) in [7, 11) is 0. The molecule has 10 aromatic rings. The average Bonchev–Trinajstić information content (AvgIpc) is 3.74. The first kappa shape index (κ1) is 27.5. The van der Waals surface area contributed by atoms with Crippen LogP contribution in [0.25, 0.3) is 76.9 Å². The fraction of sp³-hybridized carbons (Fsp3) is 0. The average molecular weight is 628 g/mol. The summed E-state index contributed by atoms with van der Waals surface area (Å²) in [4.78, 5) is 2.40. The Morgan fingerprint density at radius 2 is 0.939 bits per heavy atom. The standard InChI is InChI=1S/C46H29NO2/c1-2-16-34-30(12-1)13-10-20-35(34)36-17-3-6-21-40(36)47(41-22-11-25-45-46(41)38-19-5-8-24-43(38)49-45)33-15-9-14-31(28-33)32-26-27-44-39(29-32)37-18-4-7-23-42(37)48-44/h1-29H. The Hall–Kier alpha value is -6.58. The van der Waals surface area contributed by atoms with Crippen molar-refractivity contribution >= 4 is 71.7 Å². The first-order valence-corrected chi connectivity index (χ1v) is 16.6. The zero-order valence-electron chi connectivity index (χ0n) is 26.5. The Morgan fingerprint density at radius 3 is 1.86 bits per heavy atom. The molecule has 2 aromatic heterocycles. The predicted octanol–water partition coefficient (Wildman–Crippen LogP) is 13.4. The number of furan rings is 2. The number of anilines is 3. The first-order valence-electron chi connectivity index (χ1n) is 16.6. The third-order valence-corrected chi connectivity index (χ3v) is 9.66. The molecular formula is C46H29NO2. The number of fused-ring (bicyclic) bond motifs is 7. The summed E-state index contributed by atoms with van der Waals surface area (Å²) in [6, 6.07) is 62.2. The van der Waals surface area contributed by atoms with Gasteiger partial charge in [-0.3, -0.25) is 0 Å². The molecule has 0 aliphatic heterocycles. The minimum atomic E-state index is 0.861. The van der Waals surface area contributed by atoms with Gasteiger partial charge in [0.25, 0.3) is 0 Å². The summed E-state index contributed by atoms with van der Waals surface area (Å²) in [5, 5.41) is 6.86. The molecule has 0 bridgehead atoms. The van der Waals surface area contributed by atoms with Crippen molar-refractivity contribution in [1.82, 2.24) is 0 Å². The second kappa shape index (κ2) is 11.0. The van der Waals surface area contributed by atoms with E-state index in [1.54, 1.807) is 0 Å². The monoisotopic (exact) mass is 627 g/mol. The second-order valence-corrected chi connectivity index (χ2v) is 12.5. The van der Waals surface area contributed by atoms with Gasteiger partial charge in [-0.05, 0) is 82.1 Å². The van der Waals surface area contributed by atoms with Crippen LogP contribution in [0.5, 0.6) is 0 Å². The van der Waals surface area contributed by atoms with Crippen LogP contribution < -0.4 is 4.90 Å². The van der Waals surface area contributed by atoms with Gasteiger partial charge in [-0.2, -0.15) is 0 Å². The van der Waals surface area contributed by atoms with Gasteiger partial charge in [-0.25, -0.2) is 0 Å². The van der Waals surface area contributed by atoms with Crippen molar-refractivity contribution in [2.75, 3.05) is 4.90 Å². The molecule has 8 aromatic carbocycles. The molecule has 0 saturated heterocycles. The quantitative estimate of drug-likeness (QED) is 0.190. The predicted molar refractivity (Wildman–Crippen MR) is 204 cm³/mol. The van der Waals surface area contributed by atoms with E-state index < -0.39 is 0 Å². The molecule has 0 aliphatic carbocycles. The summed E-state index contributed by atoms with van der Waals surface area (Å²) in [5.41, 5.74) is 11.3. The van der Waals surface area contributed by atoms with Crippen molar-refractivity contribution in [3.63, 3.8) is 0 Å². The molecule has 0 unspecified atom stereocenters. The van der Waals surface area contributed by atoms with E-state index in [0.29, 0.717) is 0 Å². The molecule has 0 saturated carbocycles. The summed E-state index contributed by atoms with van der Waals surface area (Å²) >= 11 is 0. The Morgan fingerprint density at radius 1 is 0.347 bits per heavy atom. The van der Waals surface area contributed by atoms with E-state index in [9.17, 15) is 0 Å². The van der Waals surface area contributed by atoms with Crippen LogP contribution in [0.1, 0.15) is 0 Å². The summed E-state index contributed by atoms with van der Waals surface area (Å²) in [6.45, 7) is 0. The van der Waals surface area contributed by atoms with Crippen LogP contribution in [0.3, 0.4) is 0 Å². The Balaban J connectivity index is 1.23. The number of para-hydroxylation sites is 3. The van der Waals surface area contributed by atoms with E-state index in [2.05, 4.69) is 157 Å². The van der Waals surface area contributed by atoms with E-state index in [4.69, 9.17) is 8.83 Å². The molecule has 3 nitrogen and oxygen atoms in total. The summed E-state index contributed by atoms with van der Waals surface area (Å²) < 4.78 is 12.6. The molecule has 0 spiro atoms. The maximum Gasteiger partial charge on any atom is 0.137 e. The van der Waals surface area contributed by atoms with Crippen LogP contribution in [0.2, 0.25) is 0 Å². The molecule has 0 N–H and O–H groups in total. The molecule has 0 aliphatic rings. The van der Waals surface area contributed by atoms with Gasteiger partial charge in [0.1, 0.15) is 22.3 Å². The summed E-state index contributed by atoms with van der Waals surface area (Å²) in [6.07, 6.45) is 0. The van der Waals surface area contributed by atoms with Crippen LogP contribution >= 0.6 is 0 Å². The van der Waals surface area contributed by atoms with Crippen LogP contribution in [-0.4, -0.2) is 0 Å². The van der Waals surface area contributed by atoms with Gasteiger partial charge < -0.3 is 13.7 Å². The van der Waals surface area contributed by atoms with Crippen molar-refractivity contribution in [1.29, 1.82) is 0 Å². The topological polar surface area (TPSA) is 29.5 Å². The number of nitrogens with zero attached hydrogens (tertiary/aromatic N) is 1. The lowest BCUT2D eigenvalue weighted by Gasteiger charge is -2.29. The zero-order chi connectivity index (χ0) is 32.3. The van der Waals surface area contributed by atoms with Crippen LogP contribution in [0.15, 0.2) is 185 Å². The highest BCUT2D eigenvalue weighted by Crippen LogP contribution is 2.47. The third-order valence-electron chi connectivity index (χ3n) is 9.66. The van der Waals surface area contributed by atoms with E-state index >= 15 is 0 Å². The molecule has 2 heterocycles. The Kier molecular flexibility index (Phi) is 6.18. The van der Waals surface area contributed by atoms with Crippen molar-refractivity contribution in [3.05, 3.63) is 176 Å². The van der Waals surface area contributed by atoms with Crippen molar-refractivity contribution in [3.8, 4) is 22.3 Å². The van der Waals surface area contributed by atoms with Gasteiger partial charge in [0.05, 0.1) is 16.8 Å². The maximum atomic E-state index is 6.41. The molecule has 0 fully saturated rings. The van der Waals surface area contributed by atoms with Crippen molar-refractivity contribution in [2.24, 2.45) is 0 Å². The first-order chi connectivity index (χ1) is 24.3. The van der Waals surface area contributed by atoms with Crippen molar-refractivity contribution < 1.29 is 8.83 Å². The highest BCUT2D eigenvalue weighted by Gasteiger charge is 2.23. The van der Waals surface area contributed by atoms with E-state index in [1.807, 2.05) is 24.3 Å². The summed E-state index contributed by atoms with van der Waals surface area (Å²) in [5.74, 6) is 0. The largest absolute Gasteiger partial charge is 0.456 e. The minimum Gasteiger partial charge on any atom is -0.456 e. The molecule has 0 amide bonds. The third kappa shape index (κ3) is 4.44. The Bertz CT molecular complexity index is 2850. The van der Waals surface area contributed by atoms with Gasteiger partial charge in [0.2, 0.25) is 0 Å². The lowest BCUT2D eigenvalue weighted by molar-refractivity contribution is 0.668. The van der Waals surface area contributed by atoms with Crippen LogP contribution in [0, 0.1) is 0 Å². The Labute approximate surface area is 282 Å². The molecular weight excluding hydrogens is 599 g/mol. The number of hydrogen-bond acceptors (Lipinski definition) is 3. The molecule has 230 valence electrons.